The lowest BCUT2D eigenvalue weighted by molar-refractivity contribution is -0.183. The zero-order chi connectivity index (χ0) is 28.8. The van der Waals surface area contributed by atoms with Crippen molar-refractivity contribution in [2.45, 2.75) is 71.4 Å². The Morgan fingerprint density at radius 2 is 1.90 bits per heavy atom. The minimum Gasteiger partial charge on any atom is -0.394 e. The fraction of sp³-hybridized carbons (Fsp3) is 0.562. The molecule has 2 amide bonds. The molecule has 1 heterocycles. The third kappa shape index (κ3) is 5.07. The van der Waals surface area contributed by atoms with Gasteiger partial charge in [-0.05, 0) is 71.8 Å². The van der Waals surface area contributed by atoms with Gasteiger partial charge < -0.3 is 20.8 Å². The lowest BCUT2D eigenvalue weighted by Crippen LogP contribution is -2.62. The highest BCUT2D eigenvalue weighted by atomic mass is 16.7. The van der Waals surface area contributed by atoms with Gasteiger partial charge in [-0.2, -0.15) is 5.06 Å². The first-order valence-electron chi connectivity index (χ1n) is 14.5. The van der Waals surface area contributed by atoms with E-state index in [0.717, 1.165) is 23.1 Å². The third-order valence-corrected chi connectivity index (χ3v) is 10.0. The summed E-state index contributed by atoms with van der Waals surface area (Å²) in [5, 5.41) is 28.4. The van der Waals surface area contributed by atoms with Crippen LogP contribution in [0, 0.1) is 29.1 Å². The Labute approximate surface area is 237 Å². The van der Waals surface area contributed by atoms with Crippen LogP contribution in [0.3, 0.4) is 0 Å². The minimum absolute atomic E-state index is 0.0819. The minimum atomic E-state index is -0.847. The molecule has 8 heteroatoms. The van der Waals surface area contributed by atoms with Crippen LogP contribution in [0.15, 0.2) is 48.5 Å². The maximum absolute atomic E-state index is 13.9. The highest BCUT2D eigenvalue weighted by Gasteiger charge is 2.57. The molecule has 4 N–H and O–H groups in total. The molecule has 4 fully saturated rings. The summed E-state index contributed by atoms with van der Waals surface area (Å²) in [6, 6.07) is 14.6. The second-order valence-corrected chi connectivity index (χ2v) is 12.6. The topological polar surface area (TPSA) is 111 Å². The molecule has 3 saturated carbocycles. The Morgan fingerprint density at radius 1 is 1.15 bits per heavy atom. The van der Waals surface area contributed by atoms with Gasteiger partial charge in [0.15, 0.2) is 0 Å². The van der Waals surface area contributed by atoms with Crippen molar-refractivity contribution in [3.05, 3.63) is 59.7 Å². The van der Waals surface area contributed by atoms with Gasteiger partial charge in [0.05, 0.1) is 19.3 Å². The molecule has 216 valence electrons. The quantitative estimate of drug-likeness (QED) is 0.402. The summed E-state index contributed by atoms with van der Waals surface area (Å²) >= 11 is 0. The number of rotatable bonds is 8. The molecule has 0 unspecified atom stereocenters. The summed E-state index contributed by atoms with van der Waals surface area (Å²) in [6.45, 7) is 8.55. The molecule has 2 bridgehead atoms. The molecular formula is C32H43N3O5. The summed E-state index contributed by atoms with van der Waals surface area (Å²) in [7, 11) is 1.61. The fourth-order valence-electron chi connectivity index (χ4n) is 7.57. The van der Waals surface area contributed by atoms with E-state index in [2.05, 4.69) is 31.4 Å². The van der Waals surface area contributed by atoms with Crippen LogP contribution in [0.2, 0.25) is 0 Å². The van der Waals surface area contributed by atoms with Crippen molar-refractivity contribution in [2.75, 3.05) is 13.7 Å². The zero-order valence-corrected chi connectivity index (χ0v) is 24.1. The molecular weight excluding hydrogens is 506 g/mol. The van der Waals surface area contributed by atoms with Crippen molar-refractivity contribution >= 4 is 11.8 Å². The molecule has 40 heavy (non-hydrogen) atoms. The van der Waals surface area contributed by atoms with Crippen LogP contribution in [0.1, 0.15) is 56.5 Å². The Hall–Kier alpha value is -2.78. The molecule has 4 aliphatic rings. The first-order chi connectivity index (χ1) is 19.1. The van der Waals surface area contributed by atoms with Crippen LogP contribution in [0.4, 0.5) is 0 Å². The van der Waals surface area contributed by atoms with E-state index in [-0.39, 0.29) is 31.0 Å². The van der Waals surface area contributed by atoms with Gasteiger partial charge in [0.1, 0.15) is 12.1 Å². The third-order valence-electron chi connectivity index (χ3n) is 10.0. The van der Waals surface area contributed by atoms with Crippen molar-refractivity contribution in [1.29, 1.82) is 0 Å². The van der Waals surface area contributed by atoms with Crippen LogP contribution in [0.5, 0.6) is 0 Å². The number of hydrogen-bond donors (Lipinski definition) is 4. The highest BCUT2D eigenvalue weighted by molar-refractivity contribution is 6.00. The Balaban J connectivity index is 1.39. The average molecular weight is 550 g/mol. The molecule has 3 aliphatic carbocycles. The van der Waals surface area contributed by atoms with Gasteiger partial charge in [0, 0.05) is 24.6 Å². The summed E-state index contributed by atoms with van der Waals surface area (Å²) in [5.41, 5.74) is 3.46. The van der Waals surface area contributed by atoms with Gasteiger partial charge in [-0.15, -0.1) is 0 Å². The van der Waals surface area contributed by atoms with E-state index >= 15 is 0 Å². The summed E-state index contributed by atoms with van der Waals surface area (Å²) < 4.78 is 0. The SMILES string of the molecule is CNC(=O)c1ccccc1-c1cccc(CN2O[C@@H](CO)[C@@H]([C@H](C)O)[C@H]2C(=O)N[C@H]2C[C@H]3C[C@@H]([C@@H]2C)C3(C)C)c1. The van der Waals surface area contributed by atoms with Gasteiger partial charge in [0.25, 0.3) is 5.91 Å². The van der Waals surface area contributed by atoms with E-state index in [9.17, 15) is 19.8 Å². The van der Waals surface area contributed by atoms with Crippen molar-refractivity contribution < 1.29 is 24.6 Å². The smallest absolute Gasteiger partial charge is 0.251 e. The van der Waals surface area contributed by atoms with Crippen LogP contribution in [-0.4, -0.2) is 65.0 Å². The standard InChI is InChI=1S/C32H43N3O5/c1-18-25-14-22(32(25,3)4)15-26(18)34-31(39)29-28(19(2)37)27(17-36)40-35(29)16-20-9-8-10-21(13-20)23-11-6-7-12-24(23)30(38)33-5/h6-13,18-19,22,25-29,36-37H,14-17H2,1-5H3,(H,33,38)(H,34,39)/t18-,19-,22+,25-,26-,27-,28+,29-/m0/s1. The Bertz CT molecular complexity index is 1250. The van der Waals surface area contributed by atoms with Crippen LogP contribution >= 0.6 is 0 Å². The van der Waals surface area contributed by atoms with Crippen molar-refractivity contribution in [1.82, 2.24) is 15.7 Å². The zero-order valence-electron chi connectivity index (χ0n) is 24.1. The summed E-state index contributed by atoms with van der Waals surface area (Å²) in [5.74, 6) is 0.657. The number of aliphatic hydroxyl groups excluding tert-OH is 2. The number of hydrogen-bond acceptors (Lipinski definition) is 6. The first kappa shape index (κ1) is 28.7. The molecule has 1 saturated heterocycles. The van der Waals surface area contributed by atoms with Crippen LogP contribution < -0.4 is 10.6 Å². The van der Waals surface area contributed by atoms with Crippen LogP contribution in [0.25, 0.3) is 11.1 Å². The number of nitrogens with one attached hydrogen (secondary N) is 2. The largest absolute Gasteiger partial charge is 0.394 e. The van der Waals surface area contributed by atoms with Crippen molar-refractivity contribution in [3.8, 4) is 11.1 Å². The average Bonchev–Trinajstić information content (AvgIpc) is 3.32. The number of amides is 2. The van der Waals surface area contributed by atoms with E-state index in [4.69, 9.17) is 4.84 Å². The molecule has 2 aromatic rings. The predicted octanol–water partition coefficient (Wildman–Crippen LogP) is 3.37. The highest BCUT2D eigenvalue weighted by Crippen LogP contribution is 2.61. The number of hydroxylamine groups is 2. The molecule has 8 atom stereocenters. The molecule has 8 nitrogen and oxygen atoms in total. The number of nitrogens with zero attached hydrogens (tertiary/aromatic N) is 1. The van der Waals surface area contributed by atoms with E-state index in [1.807, 2.05) is 42.5 Å². The van der Waals surface area contributed by atoms with Gasteiger partial charge in [-0.1, -0.05) is 57.2 Å². The number of carbonyl (C=O) groups is 2. The Kier molecular flexibility index (Phi) is 8.08. The van der Waals surface area contributed by atoms with E-state index < -0.39 is 24.2 Å². The van der Waals surface area contributed by atoms with Gasteiger partial charge in [-0.3, -0.25) is 14.4 Å². The maximum Gasteiger partial charge on any atom is 0.251 e. The summed E-state index contributed by atoms with van der Waals surface area (Å²) in [4.78, 5) is 32.5. The number of aliphatic hydroxyl groups is 2. The molecule has 0 radical (unpaired) electrons. The van der Waals surface area contributed by atoms with E-state index in [1.165, 1.54) is 6.42 Å². The van der Waals surface area contributed by atoms with Gasteiger partial charge >= 0.3 is 0 Å². The monoisotopic (exact) mass is 549 g/mol. The molecule has 0 aromatic heterocycles. The number of benzene rings is 2. The summed E-state index contributed by atoms with van der Waals surface area (Å²) in [6.07, 6.45) is 0.643. The first-order valence-corrected chi connectivity index (χ1v) is 14.5. The fourth-order valence-corrected chi connectivity index (χ4v) is 7.57. The van der Waals surface area contributed by atoms with Crippen molar-refractivity contribution in [2.24, 2.45) is 29.1 Å². The lowest BCUT2D eigenvalue weighted by Gasteiger charge is -2.62. The molecule has 0 spiro atoms. The second kappa shape index (κ2) is 11.2. The number of fused-ring (bicyclic) bond motifs is 2. The lowest BCUT2D eigenvalue weighted by atomic mass is 9.45. The Morgan fingerprint density at radius 3 is 2.55 bits per heavy atom. The van der Waals surface area contributed by atoms with Gasteiger partial charge in [-0.25, -0.2) is 0 Å². The van der Waals surface area contributed by atoms with E-state index in [1.54, 1.807) is 25.1 Å². The maximum atomic E-state index is 13.9. The predicted molar refractivity (Wildman–Crippen MR) is 153 cm³/mol. The normalized spacial score (nSPS) is 31.7. The van der Waals surface area contributed by atoms with Crippen LogP contribution in [-0.2, 0) is 16.2 Å². The molecule has 6 rings (SSSR count). The second-order valence-electron chi connectivity index (χ2n) is 12.6. The van der Waals surface area contributed by atoms with E-state index in [0.29, 0.717) is 28.7 Å². The van der Waals surface area contributed by atoms with Gasteiger partial charge in [0.2, 0.25) is 5.91 Å². The van der Waals surface area contributed by atoms with Crippen molar-refractivity contribution in [3.63, 3.8) is 0 Å². The number of carbonyl (C=O) groups excluding carboxylic acids is 2. The molecule has 1 aliphatic heterocycles. The molecule has 2 aromatic carbocycles.